The molecule has 0 radical (unpaired) electrons. The van der Waals surface area contributed by atoms with E-state index in [1.807, 2.05) is 0 Å². The molecule has 0 spiro atoms. The Balaban J connectivity index is 1.50. The van der Waals surface area contributed by atoms with Gasteiger partial charge in [0.2, 0.25) is 11.8 Å². The molecule has 1 aliphatic heterocycles. The first-order valence-corrected chi connectivity index (χ1v) is 10.8. The summed E-state index contributed by atoms with van der Waals surface area (Å²) in [6, 6.07) is 0.192. The van der Waals surface area contributed by atoms with Crippen LogP contribution in [0.2, 0.25) is 0 Å². The molecule has 1 N–H and O–H groups in total. The van der Waals surface area contributed by atoms with Crippen molar-refractivity contribution in [3.8, 4) is 5.88 Å². The number of likely N-dealkylation sites (tertiary alicyclic amines) is 1. The van der Waals surface area contributed by atoms with E-state index in [-0.39, 0.29) is 29.6 Å². The lowest BCUT2D eigenvalue weighted by Crippen LogP contribution is -2.28. The smallest absolute Gasteiger partial charge is 0.453 e. The van der Waals surface area contributed by atoms with E-state index in [0.29, 0.717) is 40.3 Å². The predicted octanol–water partition coefficient (Wildman–Crippen LogP) is 3.22. The number of hydrogen-bond acceptors (Lipinski definition) is 8. The molecule has 3 aromatic rings. The average Bonchev–Trinajstić information content (AvgIpc) is 3.38. The second kappa shape index (κ2) is 8.28. The van der Waals surface area contributed by atoms with Gasteiger partial charge in [0.25, 0.3) is 5.82 Å². The number of halogens is 3. The molecule has 4 rings (SSSR count). The maximum Gasteiger partial charge on any atom is 0.453 e. The zero-order valence-corrected chi connectivity index (χ0v) is 18.7. The molecule has 3 aromatic heterocycles. The molecule has 1 aliphatic rings. The third kappa shape index (κ3) is 4.39. The van der Waals surface area contributed by atoms with Gasteiger partial charge in [0, 0.05) is 54.7 Å². The summed E-state index contributed by atoms with van der Waals surface area (Å²) < 4.78 is 46.6. The zero-order valence-electron chi connectivity index (χ0n) is 17.9. The van der Waals surface area contributed by atoms with Gasteiger partial charge < -0.3 is 10.1 Å². The fourth-order valence-corrected chi connectivity index (χ4v) is 4.57. The molecule has 172 valence electrons. The molecule has 4 heterocycles. The van der Waals surface area contributed by atoms with Gasteiger partial charge in [-0.3, -0.25) is 9.69 Å². The number of anilines is 1. The lowest BCUT2D eigenvalue weighted by Gasteiger charge is -2.19. The van der Waals surface area contributed by atoms with Crippen LogP contribution < -0.4 is 10.1 Å². The normalized spacial score (nSPS) is 19.6. The van der Waals surface area contributed by atoms with E-state index in [9.17, 15) is 18.0 Å². The number of amides is 1. The molecule has 1 fully saturated rings. The van der Waals surface area contributed by atoms with Crippen LogP contribution >= 0.6 is 11.3 Å². The van der Waals surface area contributed by atoms with Gasteiger partial charge in [0.1, 0.15) is 6.10 Å². The Morgan fingerprint density at radius 3 is 2.75 bits per heavy atom. The van der Waals surface area contributed by atoms with Crippen molar-refractivity contribution in [2.45, 2.75) is 59.0 Å². The monoisotopic (exact) mass is 469 g/mol. The number of aromatic nitrogens is 5. The maximum atomic E-state index is 13.3. The van der Waals surface area contributed by atoms with Crippen molar-refractivity contribution in [1.82, 2.24) is 29.7 Å². The number of nitrogens with one attached hydrogen (secondary N) is 1. The molecule has 0 saturated carbocycles. The number of aryl methyl sites for hydroxylation is 1. The lowest BCUT2D eigenvalue weighted by molar-refractivity contribution is -0.146. The zero-order chi connectivity index (χ0) is 23.2. The van der Waals surface area contributed by atoms with Crippen LogP contribution in [-0.4, -0.2) is 54.3 Å². The summed E-state index contributed by atoms with van der Waals surface area (Å²) in [5.41, 5.74) is 1.23. The third-order valence-electron chi connectivity index (χ3n) is 5.44. The average molecular weight is 469 g/mol. The largest absolute Gasteiger partial charge is 0.472 e. The Bertz CT molecular complexity index is 1160. The lowest BCUT2D eigenvalue weighted by atomic mass is 10.2. The van der Waals surface area contributed by atoms with Gasteiger partial charge in [-0.15, -0.1) is 26.6 Å². The Morgan fingerprint density at radius 2 is 2.06 bits per heavy atom. The summed E-state index contributed by atoms with van der Waals surface area (Å²) in [5.74, 6) is -1.21. The van der Waals surface area contributed by atoms with Crippen molar-refractivity contribution in [3.05, 3.63) is 28.0 Å². The minimum Gasteiger partial charge on any atom is -0.472 e. The topological polar surface area (TPSA) is 97.5 Å². The molecular formula is C19H22F3N7O2S. The molecule has 13 heteroatoms. The first-order valence-electron chi connectivity index (χ1n) is 9.95. The van der Waals surface area contributed by atoms with Gasteiger partial charge in [-0.2, -0.15) is 17.7 Å². The Kier molecular flexibility index (Phi) is 5.79. The fraction of sp³-hybridized carbons (Fsp3) is 0.526. The highest BCUT2D eigenvalue weighted by Crippen LogP contribution is 2.32. The number of thiazole rings is 1. The van der Waals surface area contributed by atoms with E-state index in [2.05, 4.69) is 37.4 Å². The van der Waals surface area contributed by atoms with Crippen LogP contribution in [0.3, 0.4) is 0 Å². The molecule has 0 aliphatic carbocycles. The van der Waals surface area contributed by atoms with Crippen LogP contribution in [0.1, 0.15) is 42.1 Å². The van der Waals surface area contributed by atoms with E-state index >= 15 is 0 Å². The van der Waals surface area contributed by atoms with Crippen LogP contribution in [0, 0.1) is 13.8 Å². The van der Waals surface area contributed by atoms with Gasteiger partial charge in [-0.1, -0.05) is 0 Å². The molecular weight excluding hydrogens is 447 g/mol. The number of fused-ring (bicyclic) bond motifs is 1. The van der Waals surface area contributed by atoms with Crippen molar-refractivity contribution >= 4 is 28.0 Å². The number of ether oxygens (including phenoxy) is 1. The van der Waals surface area contributed by atoms with E-state index in [0.717, 1.165) is 4.88 Å². The standard InChI is InChI=1S/C19H22F3N7O2S/c1-9-5-13(7-28(9)8-14-6-23-18(32-14)24-12(4)30)31-16-11(3)10(2)15-25-26-17(19(20,21)22)29(15)27-16/h6,9,13H,5,7-8H2,1-4H3,(H,23,24,30)/t9-,13+/m0/s1. The van der Waals surface area contributed by atoms with Crippen LogP contribution in [0.4, 0.5) is 18.3 Å². The van der Waals surface area contributed by atoms with Crippen molar-refractivity contribution in [1.29, 1.82) is 0 Å². The van der Waals surface area contributed by atoms with Gasteiger partial charge in [0.05, 0.1) is 0 Å². The number of carbonyl (C=O) groups is 1. The van der Waals surface area contributed by atoms with Gasteiger partial charge >= 0.3 is 6.18 Å². The van der Waals surface area contributed by atoms with Crippen LogP contribution in [-0.2, 0) is 17.5 Å². The minimum atomic E-state index is -4.67. The van der Waals surface area contributed by atoms with E-state index < -0.39 is 12.0 Å². The number of nitrogens with zero attached hydrogens (tertiary/aromatic N) is 6. The van der Waals surface area contributed by atoms with Crippen LogP contribution in [0.5, 0.6) is 5.88 Å². The molecule has 9 nitrogen and oxygen atoms in total. The Hall–Kier alpha value is -2.80. The molecule has 0 aromatic carbocycles. The predicted molar refractivity (Wildman–Crippen MR) is 111 cm³/mol. The molecule has 0 unspecified atom stereocenters. The summed E-state index contributed by atoms with van der Waals surface area (Å²) in [7, 11) is 0. The van der Waals surface area contributed by atoms with Crippen molar-refractivity contribution in [2.24, 2.45) is 0 Å². The summed E-state index contributed by atoms with van der Waals surface area (Å²) >= 11 is 1.40. The highest BCUT2D eigenvalue weighted by molar-refractivity contribution is 7.15. The number of rotatable bonds is 5. The first kappa shape index (κ1) is 22.4. The second-order valence-corrected chi connectivity index (χ2v) is 8.99. The van der Waals surface area contributed by atoms with E-state index in [1.165, 1.54) is 18.3 Å². The quantitative estimate of drug-likeness (QED) is 0.613. The van der Waals surface area contributed by atoms with Crippen molar-refractivity contribution in [3.63, 3.8) is 0 Å². The van der Waals surface area contributed by atoms with Crippen LogP contribution in [0.15, 0.2) is 6.20 Å². The fourth-order valence-electron chi connectivity index (χ4n) is 3.69. The molecule has 1 saturated heterocycles. The summed E-state index contributed by atoms with van der Waals surface area (Å²) in [4.78, 5) is 18.6. The van der Waals surface area contributed by atoms with Gasteiger partial charge in [-0.05, 0) is 20.8 Å². The number of hydrogen-bond donors (Lipinski definition) is 1. The number of carbonyl (C=O) groups excluding carboxylic acids is 1. The van der Waals surface area contributed by atoms with Crippen molar-refractivity contribution in [2.75, 3.05) is 11.9 Å². The molecule has 2 atom stereocenters. The SMILES string of the molecule is CC(=O)Nc1ncc(CN2C[C@H](Oc3nn4c(C(F)(F)F)nnc4c(C)c3C)C[C@@H]2C)s1. The Morgan fingerprint density at radius 1 is 1.31 bits per heavy atom. The first-order chi connectivity index (χ1) is 15.0. The second-order valence-electron chi connectivity index (χ2n) is 7.88. The summed E-state index contributed by atoms with van der Waals surface area (Å²) in [6.45, 7) is 8.13. The van der Waals surface area contributed by atoms with E-state index in [4.69, 9.17) is 4.74 Å². The Labute approximate surface area is 185 Å². The summed E-state index contributed by atoms with van der Waals surface area (Å²) in [6.07, 6.45) is -2.48. The molecule has 1 amide bonds. The van der Waals surface area contributed by atoms with E-state index in [1.54, 1.807) is 20.0 Å². The molecule has 32 heavy (non-hydrogen) atoms. The van der Waals surface area contributed by atoms with Crippen molar-refractivity contribution < 1.29 is 22.7 Å². The van der Waals surface area contributed by atoms with Crippen LogP contribution in [0.25, 0.3) is 5.65 Å². The molecule has 0 bridgehead atoms. The number of alkyl halides is 3. The van der Waals surface area contributed by atoms with Gasteiger partial charge in [-0.25, -0.2) is 4.98 Å². The minimum absolute atomic E-state index is 0.0590. The highest BCUT2D eigenvalue weighted by atomic mass is 32.1. The summed E-state index contributed by atoms with van der Waals surface area (Å²) in [5, 5.41) is 14.2. The third-order valence-corrected chi connectivity index (χ3v) is 6.34. The van der Waals surface area contributed by atoms with Gasteiger partial charge in [0.15, 0.2) is 10.8 Å². The maximum absolute atomic E-state index is 13.3. The highest BCUT2D eigenvalue weighted by Gasteiger charge is 2.39.